The smallest absolute Gasteiger partial charge is 0.229 e. The molecule has 192 valence electrons. The summed E-state index contributed by atoms with van der Waals surface area (Å²) in [6, 6.07) is 11.5. The summed E-state index contributed by atoms with van der Waals surface area (Å²) in [5, 5.41) is 11.4. The monoisotopic (exact) mass is 491 g/mol. The number of nitrogens with one attached hydrogen (secondary N) is 1. The van der Waals surface area contributed by atoms with E-state index in [1.54, 1.807) is 0 Å². The van der Waals surface area contributed by atoms with Crippen LogP contribution in [0, 0.1) is 18.8 Å². The topological polar surface area (TPSA) is 87.7 Å². The summed E-state index contributed by atoms with van der Waals surface area (Å²) < 4.78 is 6.19. The Labute approximate surface area is 213 Å². The second kappa shape index (κ2) is 11.3. The molecule has 2 aromatic rings. The second-order valence-corrected chi connectivity index (χ2v) is 10.5. The van der Waals surface area contributed by atoms with Crippen molar-refractivity contribution < 1.29 is 14.3 Å². The van der Waals surface area contributed by atoms with Gasteiger partial charge < -0.3 is 19.9 Å². The molecule has 36 heavy (non-hydrogen) atoms. The highest BCUT2D eigenvalue weighted by Gasteiger charge is 2.31. The van der Waals surface area contributed by atoms with E-state index in [4.69, 9.17) is 4.74 Å². The number of likely N-dealkylation sites (tertiary alicyclic amines) is 1. The predicted molar refractivity (Wildman–Crippen MR) is 139 cm³/mol. The number of anilines is 2. The van der Waals surface area contributed by atoms with Crippen molar-refractivity contribution in [1.29, 1.82) is 0 Å². The van der Waals surface area contributed by atoms with Gasteiger partial charge in [0.1, 0.15) is 11.9 Å². The lowest BCUT2D eigenvalue weighted by atomic mass is 9.88. The number of aromatic nitrogens is 2. The maximum absolute atomic E-state index is 12.8. The summed E-state index contributed by atoms with van der Waals surface area (Å²) in [4.78, 5) is 29.8. The molecular formula is C28H37N5O3. The van der Waals surface area contributed by atoms with Gasteiger partial charge in [0.25, 0.3) is 0 Å². The number of ether oxygens (including phenoxy) is 1. The van der Waals surface area contributed by atoms with E-state index >= 15 is 0 Å². The van der Waals surface area contributed by atoms with Crippen LogP contribution in [-0.4, -0.2) is 59.2 Å². The standard InChI is InChI=1S/C28H37N5O3/c1-20-7-12-26(31-30-20)33-16-13-22(19-33)27(34)29-23-8-10-24(11-9-23)36-25-14-17-32(18-15-25)28(35)21-5-3-2-4-6-21/h7-12,21-22,25H,2-6,13-19H2,1H3,(H,29,34)/t22-/m0/s1. The Balaban J connectivity index is 1.06. The lowest BCUT2D eigenvalue weighted by molar-refractivity contribution is -0.138. The molecule has 1 aliphatic carbocycles. The molecule has 3 fully saturated rings. The molecule has 0 unspecified atom stereocenters. The van der Waals surface area contributed by atoms with Crippen molar-refractivity contribution in [2.24, 2.45) is 11.8 Å². The van der Waals surface area contributed by atoms with Crippen molar-refractivity contribution in [3.8, 4) is 5.75 Å². The van der Waals surface area contributed by atoms with E-state index < -0.39 is 0 Å². The third kappa shape index (κ3) is 5.97. The zero-order valence-electron chi connectivity index (χ0n) is 21.2. The normalized spacial score (nSPS) is 21.4. The van der Waals surface area contributed by atoms with E-state index in [1.165, 1.54) is 19.3 Å². The first kappa shape index (κ1) is 24.5. The minimum atomic E-state index is -0.0782. The highest BCUT2D eigenvalue weighted by Crippen LogP contribution is 2.28. The minimum absolute atomic E-state index is 0.0289. The average molecular weight is 492 g/mol. The van der Waals surface area contributed by atoms with E-state index in [0.29, 0.717) is 12.5 Å². The summed E-state index contributed by atoms with van der Waals surface area (Å²) in [5.41, 5.74) is 1.66. The Morgan fingerprint density at radius 1 is 0.861 bits per heavy atom. The van der Waals surface area contributed by atoms with E-state index in [-0.39, 0.29) is 23.8 Å². The zero-order chi connectivity index (χ0) is 24.9. The number of nitrogens with zero attached hydrogens (tertiary/aromatic N) is 4. The fourth-order valence-electron chi connectivity index (χ4n) is 5.60. The van der Waals surface area contributed by atoms with Crippen LogP contribution in [0.5, 0.6) is 5.75 Å². The van der Waals surface area contributed by atoms with Crippen molar-refractivity contribution in [2.45, 2.75) is 64.4 Å². The van der Waals surface area contributed by atoms with Crippen LogP contribution in [-0.2, 0) is 9.59 Å². The van der Waals surface area contributed by atoms with Crippen LogP contribution in [0.1, 0.15) is 57.1 Å². The first-order valence-corrected chi connectivity index (χ1v) is 13.5. The summed E-state index contributed by atoms with van der Waals surface area (Å²) in [6.07, 6.45) is 8.39. The SMILES string of the molecule is Cc1ccc(N2CC[C@H](C(=O)Nc3ccc(OC4CCN(C(=O)C5CCCCC5)CC4)cc3)C2)nn1. The number of aryl methyl sites for hydroxylation is 1. The number of rotatable bonds is 6. The van der Waals surface area contributed by atoms with Gasteiger partial charge in [-0.05, 0) is 62.6 Å². The van der Waals surface area contributed by atoms with Crippen LogP contribution in [0.4, 0.5) is 11.5 Å². The molecular weight excluding hydrogens is 454 g/mol. The number of carbonyl (C=O) groups excluding carboxylic acids is 2. The first-order valence-electron chi connectivity index (χ1n) is 13.5. The molecule has 8 heteroatoms. The Bertz CT molecular complexity index is 1030. The largest absolute Gasteiger partial charge is 0.490 e. The highest BCUT2D eigenvalue weighted by molar-refractivity contribution is 5.93. The summed E-state index contributed by atoms with van der Waals surface area (Å²) in [7, 11) is 0. The summed E-state index contributed by atoms with van der Waals surface area (Å²) >= 11 is 0. The molecule has 1 N–H and O–H groups in total. The number of benzene rings is 1. The quantitative estimate of drug-likeness (QED) is 0.652. The fourth-order valence-corrected chi connectivity index (χ4v) is 5.60. The fraction of sp³-hybridized carbons (Fsp3) is 0.571. The van der Waals surface area contributed by atoms with E-state index in [2.05, 4.69) is 20.4 Å². The lowest BCUT2D eigenvalue weighted by Gasteiger charge is -2.35. The molecule has 0 bridgehead atoms. The van der Waals surface area contributed by atoms with Crippen molar-refractivity contribution in [2.75, 3.05) is 36.4 Å². The molecule has 8 nitrogen and oxygen atoms in total. The average Bonchev–Trinajstić information content (AvgIpc) is 3.41. The molecule has 3 heterocycles. The number of hydrogen-bond acceptors (Lipinski definition) is 6. The van der Waals surface area contributed by atoms with Crippen molar-refractivity contribution in [1.82, 2.24) is 15.1 Å². The number of amides is 2. The molecule has 2 amide bonds. The molecule has 0 radical (unpaired) electrons. The van der Waals surface area contributed by atoms with Gasteiger partial charge in [-0.2, -0.15) is 5.10 Å². The van der Waals surface area contributed by atoms with E-state index in [1.807, 2.05) is 48.2 Å². The van der Waals surface area contributed by atoms with Crippen LogP contribution in [0.25, 0.3) is 0 Å². The lowest BCUT2D eigenvalue weighted by Crippen LogP contribution is -2.44. The molecule has 3 aliphatic rings. The van der Waals surface area contributed by atoms with Crippen LogP contribution in [0.3, 0.4) is 0 Å². The molecule has 2 saturated heterocycles. The molecule has 2 aliphatic heterocycles. The van der Waals surface area contributed by atoms with Crippen molar-refractivity contribution in [3.63, 3.8) is 0 Å². The Hall–Kier alpha value is -3.16. The zero-order valence-corrected chi connectivity index (χ0v) is 21.2. The molecule has 1 aromatic carbocycles. The highest BCUT2D eigenvalue weighted by atomic mass is 16.5. The van der Waals surface area contributed by atoms with E-state index in [9.17, 15) is 9.59 Å². The van der Waals surface area contributed by atoms with Gasteiger partial charge in [-0.25, -0.2) is 0 Å². The van der Waals surface area contributed by atoms with Crippen LogP contribution in [0.2, 0.25) is 0 Å². The van der Waals surface area contributed by atoms with Gasteiger partial charge in [0, 0.05) is 50.6 Å². The third-order valence-electron chi connectivity index (χ3n) is 7.80. The van der Waals surface area contributed by atoms with Crippen LogP contribution < -0.4 is 15.0 Å². The minimum Gasteiger partial charge on any atom is -0.490 e. The van der Waals surface area contributed by atoms with Crippen molar-refractivity contribution >= 4 is 23.3 Å². The van der Waals surface area contributed by atoms with Gasteiger partial charge in [0.15, 0.2) is 5.82 Å². The molecule has 1 aromatic heterocycles. The molecule has 5 rings (SSSR count). The van der Waals surface area contributed by atoms with Crippen LogP contribution in [0.15, 0.2) is 36.4 Å². The van der Waals surface area contributed by atoms with Gasteiger partial charge in [-0.1, -0.05) is 19.3 Å². The van der Waals surface area contributed by atoms with Crippen molar-refractivity contribution in [3.05, 3.63) is 42.1 Å². The van der Waals surface area contributed by atoms with E-state index in [0.717, 1.165) is 74.7 Å². The predicted octanol–water partition coefficient (Wildman–Crippen LogP) is 4.20. The molecule has 0 spiro atoms. The second-order valence-electron chi connectivity index (χ2n) is 10.5. The number of carbonyl (C=O) groups is 2. The maximum atomic E-state index is 12.8. The van der Waals surface area contributed by atoms with Gasteiger partial charge in [0.05, 0.1) is 11.6 Å². The van der Waals surface area contributed by atoms with Gasteiger partial charge in [-0.3, -0.25) is 9.59 Å². The number of piperidine rings is 1. The molecule has 1 saturated carbocycles. The van der Waals surface area contributed by atoms with Gasteiger partial charge in [-0.15, -0.1) is 5.10 Å². The van der Waals surface area contributed by atoms with Crippen LogP contribution >= 0.6 is 0 Å². The van der Waals surface area contributed by atoms with Gasteiger partial charge >= 0.3 is 0 Å². The third-order valence-corrected chi connectivity index (χ3v) is 7.80. The summed E-state index contributed by atoms with van der Waals surface area (Å²) in [5.74, 6) is 2.16. The Morgan fingerprint density at radius 3 is 2.31 bits per heavy atom. The van der Waals surface area contributed by atoms with Gasteiger partial charge in [0.2, 0.25) is 11.8 Å². The maximum Gasteiger partial charge on any atom is 0.229 e. The Kier molecular flexibility index (Phi) is 7.68. The first-order chi connectivity index (χ1) is 17.5. The molecule has 1 atom stereocenters. The Morgan fingerprint density at radius 2 is 1.61 bits per heavy atom. The summed E-state index contributed by atoms with van der Waals surface area (Å²) in [6.45, 7) is 4.92. The number of hydrogen-bond donors (Lipinski definition) is 1.